The van der Waals surface area contributed by atoms with Gasteiger partial charge in [-0.15, -0.1) is 0 Å². The van der Waals surface area contributed by atoms with Crippen molar-refractivity contribution in [3.05, 3.63) is 59.7 Å². The molecular weight excluding hydrogens is 370 g/mol. The van der Waals surface area contributed by atoms with E-state index < -0.39 is 0 Å². The molecule has 2 aromatic carbocycles. The number of likely N-dealkylation sites (tertiary alicyclic amines) is 1. The first kappa shape index (κ1) is 19.8. The second kappa shape index (κ2) is 8.91. The van der Waals surface area contributed by atoms with Gasteiger partial charge in [-0.2, -0.15) is 5.10 Å². The molecule has 1 N–H and O–H groups in total. The van der Waals surface area contributed by atoms with Gasteiger partial charge < -0.3 is 15.2 Å². The molecule has 2 aromatic rings. The van der Waals surface area contributed by atoms with Gasteiger partial charge >= 0.3 is 0 Å². The quantitative estimate of drug-likeness (QED) is 0.418. The van der Waals surface area contributed by atoms with Gasteiger partial charge in [0.2, 0.25) is 0 Å². The Morgan fingerprint density at radius 1 is 1.10 bits per heavy atom. The number of nitrogens with one attached hydrogen (secondary N) is 1. The van der Waals surface area contributed by atoms with Crippen molar-refractivity contribution < 1.29 is 8.78 Å². The number of hydrogen-bond donors (Lipinski definition) is 1. The van der Waals surface area contributed by atoms with E-state index in [1.165, 1.54) is 18.2 Å². The number of hydrazone groups is 1. The molecule has 0 unspecified atom stereocenters. The minimum absolute atomic E-state index is 0.190. The Hall–Kier alpha value is -2.47. The molecule has 29 heavy (non-hydrogen) atoms. The van der Waals surface area contributed by atoms with Crippen LogP contribution in [0.25, 0.3) is 0 Å². The Bertz CT molecular complexity index is 852. The first-order chi connectivity index (χ1) is 14.2. The lowest BCUT2D eigenvalue weighted by molar-refractivity contribution is 0.194. The Morgan fingerprint density at radius 2 is 1.90 bits per heavy atom. The van der Waals surface area contributed by atoms with Crippen LogP contribution in [0.15, 0.2) is 47.6 Å². The van der Waals surface area contributed by atoms with Gasteiger partial charge in [-0.05, 0) is 80.3 Å². The highest BCUT2D eigenvalue weighted by Crippen LogP contribution is 2.48. The van der Waals surface area contributed by atoms with Crippen molar-refractivity contribution in [2.45, 2.75) is 37.6 Å². The molecule has 0 amide bonds. The molecule has 0 spiro atoms. The number of piperidine rings is 1. The molecule has 154 valence electrons. The third-order valence-electron chi connectivity index (χ3n) is 6.02. The molecule has 4 rings (SSSR count). The van der Waals surface area contributed by atoms with Crippen LogP contribution in [-0.2, 0) is 0 Å². The Morgan fingerprint density at radius 3 is 2.69 bits per heavy atom. The summed E-state index contributed by atoms with van der Waals surface area (Å²) in [7, 11) is 1.80. The van der Waals surface area contributed by atoms with Gasteiger partial charge in [-0.1, -0.05) is 0 Å². The second-order valence-electron chi connectivity index (χ2n) is 7.84. The van der Waals surface area contributed by atoms with Crippen molar-refractivity contribution in [1.29, 1.82) is 0 Å². The largest absolute Gasteiger partial charge is 0.337 e. The predicted octanol–water partition coefficient (Wildman–Crippen LogP) is 4.65. The minimum Gasteiger partial charge on any atom is -0.337 e. The first-order valence-corrected chi connectivity index (χ1v) is 10.4. The highest BCUT2D eigenvalue weighted by atomic mass is 19.1. The molecule has 2 aliphatic rings. The van der Waals surface area contributed by atoms with Gasteiger partial charge in [0.15, 0.2) is 0 Å². The van der Waals surface area contributed by atoms with Crippen LogP contribution in [0.1, 0.15) is 37.2 Å². The van der Waals surface area contributed by atoms with Crippen LogP contribution in [0.5, 0.6) is 0 Å². The predicted molar refractivity (Wildman–Crippen MR) is 114 cm³/mol. The number of unbranched alkanes of at least 4 members (excludes halogenated alkanes) is 2. The lowest BCUT2D eigenvalue weighted by Gasteiger charge is -2.39. The molecule has 1 saturated heterocycles. The fourth-order valence-electron chi connectivity index (χ4n) is 4.70. The SMILES string of the molecule is CNN=CCCCCN1CC[C@@H]2[C@@H](C1)c1cc(F)ccc1N2c1ccc(F)cc1. The lowest BCUT2D eigenvalue weighted by Crippen LogP contribution is -2.45. The summed E-state index contributed by atoms with van der Waals surface area (Å²) >= 11 is 0. The normalized spacial score (nSPS) is 21.4. The summed E-state index contributed by atoms with van der Waals surface area (Å²) in [6, 6.07) is 12.0. The summed E-state index contributed by atoms with van der Waals surface area (Å²) in [6.07, 6.45) is 6.16. The highest BCUT2D eigenvalue weighted by molar-refractivity contribution is 5.73. The van der Waals surface area contributed by atoms with Gasteiger partial charge in [0.25, 0.3) is 0 Å². The zero-order chi connectivity index (χ0) is 20.2. The van der Waals surface area contributed by atoms with Crippen molar-refractivity contribution in [2.24, 2.45) is 5.10 Å². The average Bonchev–Trinajstić information content (AvgIpc) is 3.04. The number of halogens is 2. The van der Waals surface area contributed by atoms with Crippen molar-refractivity contribution in [3.63, 3.8) is 0 Å². The number of hydrogen-bond acceptors (Lipinski definition) is 4. The summed E-state index contributed by atoms with van der Waals surface area (Å²) in [6.45, 7) is 3.02. The summed E-state index contributed by atoms with van der Waals surface area (Å²) in [5, 5.41) is 4.02. The maximum Gasteiger partial charge on any atom is 0.123 e. The van der Waals surface area contributed by atoms with Crippen LogP contribution >= 0.6 is 0 Å². The van der Waals surface area contributed by atoms with Crippen molar-refractivity contribution in [1.82, 2.24) is 10.3 Å². The number of anilines is 2. The zero-order valence-electron chi connectivity index (χ0n) is 16.8. The third kappa shape index (κ3) is 4.27. The molecule has 4 nitrogen and oxygen atoms in total. The summed E-state index contributed by atoms with van der Waals surface area (Å²) in [5.74, 6) is -0.159. The smallest absolute Gasteiger partial charge is 0.123 e. The van der Waals surface area contributed by atoms with E-state index in [2.05, 4.69) is 20.3 Å². The van der Waals surface area contributed by atoms with E-state index >= 15 is 0 Å². The number of rotatable bonds is 7. The molecule has 2 atom stereocenters. The number of fused-ring (bicyclic) bond motifs is 3. The molecule has 0 aromatic heterocycles. The first-order valence-electron chi connectivity index (χ1n) is 10.4. The molecule has 6 heteroatoms. The number of nitrogens with zero attached hydrogens (tertiary/aromatic N) is 3. The minimum atomic E-state index is -0.238. The van der Waals surface area contributed by atoms with Crippen molar-refractivity contribution in [2.75, 3.05) is 31.6 Å². The highest BCUT2D eigenvalue weighted by Gasteiger charge is 2.42. The topological polar surface area (TPSA) is 30.9 Å². The molecule has 1 fully saturated rings. The summed E-state index contributed by atoms with van der Waals surface area (Å²) < 4.78 is 27.5. The molecule has 0 aliphatic carbocycles. The van der Waals surface area contributed by atoms with E-state index in [0.29, 0.717) is 0 Å². The molecular formula is C23H28F2N4. The molecule has 0 bridgehead atoms. The fourth-order valence-corrected chi connectivity index (χ4v) is 4.70. The van der Waals surface area contributed by atoms with E-state index in [4.69, 9.17) is 0 Å². The third-order valence-corrected chi connectivity index (χ3v) is 6.02. The van der Waals surface area contributed by atoms with E-state index in [1.54, 1.807) is 13.1 Å². The lowest BCUT2D eigenvalue weighted by atomic mass is 9.89. The Labute approximate surface area is 171 Å². The van der Waals surface area contributed by atoms with Gasteiger partial charge in [-0.25, -0.2) is 8.78 Å². The molecule has 0 radical (unpaired) electrons. The van der Waals surface area contributed by atoms with Crippen LogP contribution in [0.3, 0.4) is 0 Å². The van der Waals surface area contributed by atoms with Gasteiger partial charge in [0.05, 0.1) is 0 Å². The fraction of sp³-hybridized carbons (Fsp3) is 0.435. The number of benzene rings is 2. The van der Waals surface area contributed by atoms with Gasteiger partial charge in [0.1, 0.15) is 11.6 Å². The van der Waals surface area contributed by atoms with Gasteiger partial charge in [-0.3, -0.25) is 0 Å². The van der Waals surface area contributed by atoms with E-state index in [1.807, 2.05) is 24.4 Å². The second-order valence-corrected chi connectivity index (χ2v) is 7.84. The Kier molecular flexibility index (Phi) is 6.09. The van der Waals surface area contributed by atoms with Crippen LogP contribution in [0.2, 0.25) is 0 Å². The molecule has 2 heterocycles. The van der Waals surface area contributed by atoms with Crippen LogP contribution < -0.4 is 10.3 Å². The van der Waals surface area contributed by atoms with E-state index in [9.17, 15) is 8.78 Å². The average molecular weight is 399 g/mol. The Balaban J connectivity index is 1.49. The summed E-state index contributed by atoms with van der Waals surface area (Å²) in [5.41, 5.74) is 5.87. The van der Waals surface area contributed by atoms with E-state index in [-0.39, 0.29) is 23.6 Å². The summed E-state index contributed by atoms with van der Waals surface area (Å²) in [4.78, 5) is 4.78. The van der Waals surface area contributed by atoms with E-state index in [0.717, 1.165) is 62.3 Å². The standard InChI is InChI=1S/C23H28F2N4/c1-26-27-12-3-2-4-13-28-14-11-23-21(16-28)20-15-18(25)7-10-22(20)29(23)19-8-5-17(24)6-9-19/h5-10,12,15,21,23,26H,2-4,11,13-14,16H2,1H3/t21-,23+/m0/s1. The van der Waals surface area contributed by atoms with Crippen LogP contribution in [0.4, 0.5) is 20.2 Å². The van der Waals surface area contributed by atoms with Gasteiger partial charge in [0, 0.05) is 49.7 Å². The molecule has 0 saturated carbocycles. The van der Waals surface area contributed by atoms with Crippen LogP contribution in [0, 0.1) is 11.6 Å². The maximum absolute atomic E-state index is 14.1. The maximum atomic E-state index is 14.1. The monoisotopic (exact) mass is 398 g/mol. The zero-order valence-corrected chi connectivity index (χ0v) is 16.8. The van der Waals surface area contributed by atoms with Crippen LogP contribution in [-0.4, -0.2) is 43.8 Å². The molecule has 2 aliphatic heterocycles. The van der Waals surface area contributed by atoms with Crippen molar-refractivity contribution >= 4 is 17.6 Å². The van der Waals surface area contributed by atoms with Crippen molar-refractivity contribution in [3.8, 4) is 0 Å².